The van der Waals surface area contributed by atoms with Crippen molar-refractivity contribution < 1.29 is 0 Å². The maximum atomic E-state index is 3.78. The van der Waals surface area contributed by atoms with E-state index in [0.29, 0.717) is 0 Å². The van der Waals surface area contributed by atoms with Crippen LogP contribution in [-0.4, -0.2) is 16.5 Å². The van der Waals surface area contributed by atoms with Crippen molar-refractivity contribution in [2.24, 2.45) is 0 Å². The smallest absolute Gasteiger partial charge is 0.0267 e. The minimum Gasteiger partial charge on any atom is -0.265 e. The first-order chi connectivity index (χ1) is 6.00. The van der Waals surface area contributed by atoms with E-state index in [-0.39, 0.29) is 0 Å². The molecule has 0 aromatic carbocycles. The van der Waals surface area contributed by atoms with Gasteiger partial charge in [-0.15, -0.1) is 0 Å². The third kappa shape index (κ3) is 5.19. The van der Waals surface area contributed by atoms with Crippen LogP contribution in [0.1, 0.15) is 19.3 Å². The summed E-state index contributed by atoms with van der Waals surface area (Å²) in [4.78, 5) is 3.78. The van der Waals surface area contributed by atoms with Crippen LogP contribution in [0.4, 0.5) is 0 Å². The standard InChI is InChI=1S/C5H5N.C5H10S/c2*1-2-4-6-5-3-1/h1-5H;1-5H2. The van der Waals surface area contributed by atoms with E-state index in [4.69, 9.17) is 0 Å². The van der Waals surface area contributed by atoms with Gasteiger partial charge in [0, 0.05) is 12.4 Å². The molecule has 0 radical (unpaired) electrons. The van der Waals surface area contributed by atoms with Crippen LogP contribution in [0.3, 0.4) is 0 Å². The Labute approximate surface area is 78.6 Å². The van der Waals surface area contributed by atoms with Gasteiger partial charge in [0.05, 0.1) is 0 Å². The van der Waals surface area contributed by atoms with Crippen LogP contribution in [0, 0.1) is 0 Å². The second-order valence-electron chi connectivity index (χ2n) is 2.70. The number of aromatic nitrogens is 1. The molecule has 1 nitrogen and oxygen atoms in total. The molecule has 1 aliphatic rings. The van der Waals surface area contributed by atoms with E-state index >= 15 is 0 Å². The van der Waals surface area contributed by atoms with Gasteiger partial charge >= 0.3 is 0 Å². The van der Waals surface area contributed by atoms with E-state index in [9.17, 15) is 0 Å². The fraction of sp³-hybridized carbons (Fsp3) is 0.500. The van der Waals surface area contributed by atoms with E-state index in [1.54, 1.807) is 12.4 Å². The van der Waals surface area contributed by atoms with Crippen molar-refractivity contribution in [2.45, 2.75) is 19.3 Å². The van der Waals surface area contributed by atoms with Gasteiger partial charge in [0.25, 0.3) is 0 Å². The average Bonchev–Trinajstić information content (AvgIpc) is 2.24. The number of rotatable bonds is 0. The highest BCUT2D eigenvalue weighted by Crippen LogP contribution is 2.14. The zero-order valence-electron chi connectivity index (χ0n) is 7.28. The lowest BCUT2D eigenvalue weighted by molar-refractivity contribution is 0.764. The lowest BCUT2D eigenvalue weighted by Crippen LogP contribution is -1.91. The fourth-order valence-corrected chi connectivity index (χ4v) is 2.02. The summed E-state index contributed by atoms with van der Waals surface area (Å²) in [5.74, 6) is 2.83. The van der Waals surface area contributed by atoms with Crippen molar-refractivity contribution in [1.82, 2.24) is 4.98 Å². The average molecular weight is 181 g/mol. The van der Waals surface area contributed by atoms with Crippen molar-refractivity contribution in [1.29, 1.82) is 0 Å². The summed E-state index contributed by atoms with van der Waals surface area (Å²) in [5, 5.41) is 0. The summed E-state index contributed by atoms with van der Waals surface area (Å²) in [6.45, 7) is 0. The molecule has 1 aromatic heterocycles. The molecule has 2 heterocycles. The molecule has 0 atom stereocenters. The third-order valence-corrected chi connectivity index (χ3v) is 2.80. The summed E-state index contributed by atoms with van der Waals surface area (Å²) in [6.07, 6.45) is 7.91. The predicted molar refractivity (Wildman–Crippen MR) is 55.4 cm³/mol. The first-order valence-corrected chi connectivity index (χ1v) is 5.58. The minimum atomic E-state index is 1.42. The third-order valence-electron chi connectivity index (χ3n) is 1.64. The summed E-state index contributed by atoms with van der Waals surface area (Å²) < 4.78 is 0. The zero-order chi connectivity index (χ0) is 8.49. The molecule has 0 amide bonds. The van der Waals surface area contributed by atoms with E-state index in [2.05, 4.69) is 16.7 Å². The Hall–Kier alpha value is -0.500. The lowest BCUT2D eigenvalue weighted by atomic mass is 10.3. The van der Waals surface area contributed by atoms with Crippen LogP contribution in [-0.2, 0) is 0 Å². The number of hydrogen-bond donors (Lipinski definition) is 0. The van der Waals surface area contributed by atoms with Crippen LogP contribution < -0.4 is 0 Å². The van der Waals surface area contributed by atoms with Gasteiger partial charge in [-0.2, -0.15) is 11.8 Å². The first-order valence-electron chi connectivity index (χ1n) is 4.43. The second-order valence-corrected chi connectivity index (χ2v) is 3.92. The van der Waals surface area contributed by atoms with Gasteiger partial charge in [-0.25, -0.2) is 0 Å². The van der Waals surface area contributed by atoms with Crippen molar-refractivity contribution in [3.8, 4) is 0 Å². The van der Waals surface area contributed by atoms with Crippen molar-refractivity contribution in [2.75, 3.05) is 11.5 Å². The summed E-state index contributed by atoms with van der Waals surface area (Å²) in [6, 6.07) is 5.72. The van der Waals surface area contributed by atoms with E-state index in [0.717, 1.165) is 0 Å². The van der Waals surface area contributed by atoms with E-state index < -0.39 is 0 Å². The molecule has 1 aromatic rings. The molecule has 0 bridgehead atoms. The predicted octanol–water partition coefficient (Wildman–Crippen LogP) is 2.99. The molecule has 0 aliphatic carbocycles. The van der Waals surface area contributed by atoms with Gasteiger partial charge in [0.1, 0.15) is 0 Å². The van der Waals surface area contributed by atoms with Crippen molar-refractivity contribution in [3.05, 3.63) is 30.6 Å². The Balaban J connectivity index is 0.000000120. The van der Waals surface area contributed by atoms with Gasteiger partial charge in [-0.1, -0.05) is 12.5 Å². The van der Waals surface area contributed by atoms with E-state index in [1.165, 1.54) is 30.8 Å². The van der Waals surface area contributed by atoms with Gasteiger partial charge in [0.15, 0.2) is 0 Å². The first kappa shape index (κ1) is 9.59. The lowest BCUT2D eigenvalue weighted by Gasteiger charge is -2.05. The van der Waals surface area contributed by atoms with E-state index in [1.807, 2.05) is 18.2 Å². The van der Waals surface area contributed by atoms with Crippen molar-refractivity contribution in [3.63, 3.8) is 0 Å². The summed E-state index contributed by atoms with van der Waals surface area (Å²) in [7, 11) is 0. The molecule has 1 aliphatic heterocycles. The highest BCUT2D eigenvalue weighted by Gasteiger charge is 1.95. The van der Waals surface area contributed by atoms with Gasteiger partial charge in [0.2, 0.25) is 0 Å². The maximum absolute atomic E-state index is 3.78. The molecule has 0 saturated carbocycles. The Bertz CT molecular complexity index is 134. The number of nitrogens with zero attached hydrogens (tertiary/aromatic N) is 1. The Morgan fingerprint density at radius 3 is 1.67 bits per heavy atom. The van der Waals surface area contributed by atoms with Crippen LogP contribution in [0.15, 0.2) is 30.6 Å². The molecule has 2 heteroatoms. The van der Waals surface area contributed by atoms with Crippen LogP contribution in [0.5, 0.6) is 0 Å². The zero-order valence-corrected chi connectivity index (χ0v) is 8.09. The largest absolute Gasteiger partial charge is 0.265 e. The molecule has 0 N–H and O–H groups in total. The molecule has 2 rings (SSSR count). The topological polar surface area (TPSA) is 12.9 Å². The number of pyridine rings is 1. The number of hydrogen-bond acceptors (Lipinski definition) is 2. The SMILES string of the molecule is C1CCSCC1.c1ccncc1. The minimum absolute atomic E-state index is 1.42. The molecule has 0 unspecified atom stereocenters. The molecule has 1 fully saturated rings. The quantitative estimate of drug-likeness (QED) is 0.610. The Morgan fingerprint density at radius 1 is 0.833 bits per heavy atom. The van der Waals surface area contributed by atoms with Gasteiger partial charge < -0.3 is 0 Å². The highest BCUT2D eigenvalue weighted by molar-refractivity contribution is 7.99. The Morgan fingerprint density at radius 2 is 1.50 bits per heavy atom. The Kier molecular flexibility index (Phi) is 5.72. The molecule has 1 saturated heterocycles. The van der Waals surface area contributed by atoms with Gasteiger partial charge in [-0.3, -0.25) is 4.98 Å². The normalized spacial score (nSPS) is 16.0. The van der Waals surface area contributed by atoms with Crippen LogP contribution in [0.2, 0.25) is 0 Å². The van der Waals surface area contributed by atoms with Gasteiger partial charge in [-0.05, 0) is 36.5 Å². The molecule has 66 valence electrons. The second kappa shape index (κ2) is 7.17. The summed E-state index contributed by atoms with van der Waals surface area (Å²) >= 11 is 2.09. The summed E-state index contributed by atoms with van der Waals surface area (Å²) in [5.41, 5.74) is 0. The molecule has 12 heavy (non-hydrogen) atoms. The van der Waals surface area contributed by atoms with Crippen molar-refractivity contribution >= 4 is 11.8 Å². The fourth-order valence-electron chi connectivity index (χ4n) is 1.000. The maximum Gasteiger partial charge on any atom is 0.0267 e. The monoisotopic (exact) mass is 181 g/mol. The van der Waals surface area contributed by atoms with Crippen LogP contribution in [0.25, 0.3) is 0 Å². The molecular formula is C10H15NS. The highest BCUT2D eigenvalue weighted by atomic mass is 32.2. The van der Waals surface area contributed by atoms with Crippen LogP contribution >= 0.6 is 11.8 Å². The number of thioether (sulfide) groups is 1. The molecule has 0 spiro atoms. The molecular weight excluding hydrogens is 166 g/mol.